The second kappa shape index (κ2) is 8.13. The molecule has 0 amide bonds. The van der Waals surface area contributed by atoms with Gasteiger partial charge in [-0.3, -0.25) is 0 Å². The van der Waals surface area contributed by atoms with Gasteiger partial charge in [0.05, 0.1) is 15.0 Å². The summed E-state index contributed by atoms with van der Waals surface area (Å²) in [6.45, 7) is 3.93. The number of carbonyl (C=O) groups is 1. The lowest BCUT2D eigenvalue weighted by molar-refractivity contribution is -0.129. The third-order valence-corrected chi connectivity index (χ3v) is 5.47. The Balaban J connectivity index is 1.67. The molecule has 0 aromatic heterocycles. The van der Waals surface area contributed by atoms with Gasteiger partial charge in [0, 0.05) is 5.56 Å². The molecule has 3 aromatic carbocycles. The topological polar surface area (TPSA) is 47.9 Å². The minimum Gasteiger partial charge on any atom is -0.489 e. The van der Waals surface area contributed by atoms with E-state index in [9.17, 15) is 4.79 Å². The number of halogens is 2. The normalized spacial score (nSPS) is 15.1. The summed E-state index contributed by atoms with van der Waals surface area (Å²) < 4.78 is 12.8. The van der Waals surface area contributed by atoms with Gasteiger partial charge in [0.2, 0.25) is 5.90 Å². The quantitative estimate of drug-likeness (QED) is 0.295. The van der Waals surface area contributed by atoms with Crippen molar-refractivity contribution in [3.05, 3.63) is 80.4 Å². The van der Waals surface area contributed by atoms with Crippen molar-refractivity contribution < 1.29 is 14.3 Å². The van der Waals surface area contributed by atoms with Crippen LogP contribution in [0.25, 0.3) is 16.8 Å². The van der Waals surface area contributed by atoms with Gasteiger partial charge in [0.1, 0.15) is 5.75 Å². The molecule has 1 aliphatic heterocycles. The van der Waals surface area contributed by atoms with Crippen LogP contribution in [-0.2, 0) is 9.53 Å². The zero-order valence-electron chi connectivity index (χ0n) is 15.8. The minimum atomic E-state index is -0.470. The van der Waals surface area contributed by atoms with E-state index in [-0.39, 0.29) is 11.8 Å². The number of nitrogens with zero attached hydrogens (tertiary/aromatic N) is 1. The maximum absolute atomic E-state index is 12.4. The monoisotopic (exact) mass is 513 g/mol. The number of ether oxygens (including phenoxy) is 2. The lowest BCUT2D eigenvalue weighted by Gasteiger charge is -2.14. The molecule has 0 N–H and O–H groups in total. The second-order valence-electron chi connectivity index (χ2n) is 6.88. The molecule has 6 heteroatoms. The molecule has 0 bridgehead atoms. The van der Waals surface area contributed by atoms with Crippen LogP contribution in [0.1, 0.15) is 25.0 Å². The highest BCUT2D eigenvalue weighted by Crippen LogP contribution is 2.36. The number of esters is 1. The zero-order valence-corrected chi connectivity index (χ0v) is 19.0. The highest BCUT2D eigenvalue weighted by molar-refractivity contribution is 9.11. The van der Waals surface area contributed by atoms with E-state index in [4.69, 9.17) is 9.47 Å². The van der Waals surface area contributed by atoms with Gasteiger partial charge in [-0.25, -0.2) is 9.79 Å². The molecule has 1 heterocycles. The maximum atomic E-state index is 12.4. The van der Waals surface area contributed by atoms with Crippen LogP contribution in [0.5, 0.6) is 5.75 Å². The van der Waals surface area contributed by atoms with Crippen molar-refractivity contribution in [3.63, 3.8) is 0 Å². The molecule has 146 valence electrons. The number of cyclic esters (lactones) is 1. The summed E-state index contributed by atoms with van der Waals surface area (Å²) >= 11 is 7.05. The molecule has 29 heavy (non-hydrogen) atoms. The third-order valence-electron chi connectivity index (χ3n) is 4.29. The zero-order chi connectivity index (χ0) is 20.5. The van der Waals surface area contributed by atoms with E-state index in [2.05, 4.69) is 36.9 Å². The van der Waals surface area contributed by atoms with Crippen LogP contribution in [0.3, 0.4) is 0 Å². The van der Waals surface area contributed by atoms with Crippen LogP contribution in [-0.4, -0.2) is 18.0 Å². The van der Waals surface area contributed by atoms with Gasteiger partial charge in [-0.05, 0) is 92.4 Å². The SMILES string of the molecule is CC(C)Oc1c(Br)cc(/C=C2\N=C(c3ccc4ccccc4c3)OC2=O)cc1Br. The lowest BCUT2D eigenvalue weighted by atomic mass is 10.1. The van der Waals surface area contributed by atoms with Crippen LogP contribution in [0.15, 0.2) is 74.2 Å². The highest BCUT2D eigenvalue weighted by Gasteiger charge is 2.24. The smallest absolute Gasteiger partial charge is 0.363 e. The lowest BCUT2D eigenvalue weighted by Crippen LogP contribution is -2.06. The van der Waals surface area contributed by atoms with Gasteiger partial charge >= 0.3 is 5.97 Å². The maximum Gasteiger partial charge on any atom is 0.363 e. The summed E-state index contributed by atoms with van der Waals surface area (Å²) in [5.41, 5.74) is 1.82. The van der Waals surface area contributed by atoms with E-state index < -0.39 is 5.97 Å². The van der Waals surface area contributed by atoms with Gasteiger partial charge < -0.3 is 9.47 Å². The Labute approximate surface area is 185 Å². The molecule has 0 saturated carbocycles. The first-order chi connectivity index (χ1) is 13.9. The predicted molar refractivity (Wildman–Crippen MR) is 122 cm³/mol. The van der Waals surface area contributed by atoms with Crippen LogP contribution < -0.4 is 4.74 Å². The third kappa shape index (κ3) is 4.28. The molecule has 0 saturated heterocycles. The average molecular weight is 515 g/mol. The van der Waals surface area contributed by atoms with Crippen molar-refractivity contribution in [1.82, 2.24) is 0 Å². The predicted octanol–water partition coefficient (Wildman–Crippen LogP) is 6.50. The molecule has 0 unspecified atom stereocenters. The number of carbonyl (C=O) groups excluding carboxylic acids is 1. The average Bonchev–Trinajstić information content (AvgIpc) is 3.04. The van der Waals surface area contributed by atoms with Crippen molar-refractivity contribution >= 4 is 60.6 Å². The Hall–Kier alpha value is -2.44. The Bertz CT molecular complexity index is 1160. The summed E-state index contributed by atoms with van der Waals surface area (Å²) in [4.78, 5) is 16.8. The summed E-state index contributed by atoms with van der Waals surface area (Å²) in [5, 5.41) is 2.19. The second-order valence-corrected chi connectivity index (χ2v) is 8.59. The minimum absolute atomic E-state index is 0.0470. The van der Waals surface area contributed by atoms with Crippen molar-refractivity contribution in [2.45, 2.75) is 20.0 Å². The molecular weight excluding hydrogens is 498 g/mol. The van der Waals surface area contributed by atoms with Crippen molar-refractivity contribution in [2.24, 2.45) is 4.99 Å². The van der Waals surface area contributed by atoms with E-state index in [1.807, 2.05) is 68.4 Å². The van der Waals surface area contributed by atoms with E-state index in [0.29, 0.717) is 5.90 Å². The van der Waals surface area contributed by atoms with Crippen molar-refractivity contribution in [2.75, 3.05) is 0 Å². The standard InChI is InChI=1S/C23H17Br2NO3/c1-13(2)28-21-18(24)9-14(10-19(21)25)11-20-23(27)29-22(26-20)17-8-7-15-5-3-4-6-16(15)12-17/h3-13H,1-2H3/b20-11-. The molecule has 0 atom stereocenters. The number of hydrogen-bond donors (Lipinski definition) is 0. The molecule has 4 nitrogen and oxygen atoms in total. The van der Waals surface area contributed by atoms with Gasteiger partial charge in [-0.15, -0.1) is 0 Å². The molecule has 0 aliphatic carbocycles. The van der Waals surface area contributed by atoms with E-state index >= 15 is 0 Å². The number of aliphatic imine (C=N–C) groups is 1. The number of benzene rings is 3. The first kappa shape index (κ1) is 19.9. The van der Waals surface area contributed by atoms with Crippen molar-refractivity contribution in [3.8, 4) is 5.75 Å². The largest absolute Gasteiger partial charge is 0.489 e. The summed E-state index contributed by atoms with van der Waals surface area (Å²) in [6.07, 6.45) is 1.75. The van der Waals surface area contributed by atoms with E-state index in [0.717, 1.165) is 36.6 Å². The molecule has 0 spiro atoms. The fourth-order valence-electron chi connectivity index (χ4n) is 3.02. The van der Waals surface area contributed by atoms with Crippen LogP contribution in [0, 0.1) is 0 Å². The van der Waals surface area contributed by atoms with Gasteiger partial charge in [-0.1, -0.05) is 30.3 Å². The Morgan fingerprint density at radius 1 is 1.00 bits per heavy atom. The Morgan fingerprint density at radius 3 is 2.38 bits per heavy atom. The highest BCUT2D eigenvalue weighted by atomic mass is 79.9. The van der Waals surface area contributed by atoms with E-state index in [1.54, 1.807) is 6.08 Å². The van der Waals surface area contributed by atoms with Gasteiger partial charge in [0.25, 0.3) is 0 Å². The van der Waals surface area contributed by atoms with Gasteiger partial charge in [0.15, 0.2) is 5.70 Å². The van der Waals surface area contributed by atoms with Crippen LogP contribution in [0.2, 0.25) is 0 Å². The summed E-state index contributed by atoms with van der Waals surface area (Å²) in [5.74, 6) is 0.560. The molecule has 4 rings (SSSR count). The molecule has 0 fully saturated rings. The molecule has 1 aliphatic rings. The van der Waals surface area contributed by atoms with Crippen LogP contribution >= 0.6 is 31.9 Å². The Morgan fingerprint density at radius 2 is 1.69 bits per heavy atom. The summed E-state index contributed by atoms with van der Waals surface area (Å²) in [7, 11) is 0. The fourth-order valence-corrected chi connectivity index (χ4v) is 4.43. The molecular formula is C23H17Br2NO3. The first-order valence-electron chi connectivity index (χ1n) is 9.08. The number of rotatable bonds is 4. The number of hydrogen-bond acceptors (Lipinski definition) is 4. The van der Waals surface area contributed by atoms with Crippen molar-refractivity contribution in [1.29, 1.82) is 0 Å². The van der Waals surface area contributed by atoms with Gasteiger partial charge in [-0.2, -0.15) is 0 Å². The fraction of sp³-hybridized carbons (Fsp3) is 0.130. The molecule has 0 radical (unpaired) electrons. The summed E-state index contributed by atoms with van der Waals surface area (Å²) in [6, 6.07) is 17.6. The Kier molecular flexibility index (Phi) is 5.56. The molecule has 3 aromatic rings. The number of fused-ring (bicyclic) bond motifs is 1. The first-order valence-corrected chi connectivity index (χ1v) is 10.7. The van der Waals surface area contributed by atoms with Crippen LogP contribution in [0.4, 0.5) is 0 Å². The van der Waals surface area contributed by atoms with E-state index in [1.165, 1.54) is 0 Å².